The van der Waals surface area contributed by atoms with Gasteiger partial charge in [0.05, 0.1) is 39.5 Å². The standard InChI is InChI=1S/C45H34N4/c1-27-14-7-8-17-32(27)45-43-29(3)40-33-18-9-10-19-36(33)48-44(30-15-5-4-6-16-30)42(40)28(2)41(43)34-24-23-31(26-39(34)49-45)35-21-13-22-38(47-35)37-20-11-12-25-46-37/h4-27,32H,1-3H3. The SMILES string of the molecule is Cc1c2c(C3C=CC=CC3C)nc3cc(-c4cccc(-c5ccccn5)n4)ccc3c2c(C)c2c(-c3ccccc3)nc3ccccc3c12. The third-order valence-electron chi connectivity index (χ3n) is 10.2. The van der Waals surface area contributed by atoms with Crippen molar-refractivity contribution in [3.8, 4) is 33.9 Å². The van der Waals surface area contributed by atoms with Crippen molar-refractivity contribution in [1.82, 2.24) is 19.9 Å². The molecule has 1 aliphatic rings. The lowest BCUT2D eigenvalue weighted by atomic mass is 9.81. The topological polar surface area (TPSA) is 51.6 Å². The van der Waals surface area contributed by atoms with Gasteiger partial charge < -0.3 is 0 Å². The molecule has 0 saturated carbocycles. The fourth-order valence-corrected chi connectivity index (χ4v) is 7.79. The van der Waals surface area contributed by atoms with Gasteiger partial charge in [0, 0.05) is 44.8 Å². The molecule has 0 N–H and O–H groups in total. The molecule has 49 heavy (non-hydrogen) atoms. The van der Waals surface area contributed by atoms with Crippen LogP contribution in [0.25, 0.3) is 77.3 Å². The van der Waals surface area contributed by atoms with Crippen molar-refractivity contribution in [3.05, 3.63) is 157 Å². The Kier molecular flexibility index (Phi) is 6.91. The van der Waals surface area contributed by atoms with E-state index in [9.17, 15) is 0 Å². The van der Waals surface area contributed by atoms with E-state index in [2.05, 4.69) is 135 Å². The van der Waals surface area contributed by atoms with Crippen molar-refractivity contribution in [2.75, 3.05) is 0 Å². The van der Waals surface area contributed by atoms with Crippen LogP contribution in [-0.2, 0) is 0 Å². The van der Waals surface area contributed by atoms with Gasteiger partial charge in [0.1, 0.15) is 0 Å². The molecule has 2 atom stereocenters. The van der Waals surface area contributed by atoms with Crippen molar-refractivity contribution in [1.29, 1.82) is 0 Å². The van der Waals surface area contributed by atoms with Gasteiger partial charge in [-0.3, -0.25) is 9.97 Å². The molecule has 0 radical (unpaired) electrons. The van der Waals surface area contributed by atoms with Gasteiger partial charge in [-0.15, -0.1) is 0 Å². The van der Waals surface area contributed by atoms with Crippen LogP contribution in [0.4, 0.5) is 0 Å². The first-order chi connectivity index (χ1) is 24.1. The van der Waals surface area contributed by atoms with Gasteiger partial charge in [-0.05, 0) is 78.1 Å². The highest BCUT2D eigenvalue weighted by molar-refractivity contribution is 6.24. The second-order valence-corrected chi connectivity index (χ2v) is 13.1. The monoisotopic (exact) mass is 630 g/mol. The summed E-state index contributed by atoms with van der Waals surface area (Å²) < 4.78 is 0. The van der Waals surface area contributed by atoms with Crippen LogP contribution in [0.1, 0.15) is 29.7 Å². The van der Waals surface area contributed by atoms with Crippen LogP contribution in [-0.4, -0.2) is 19.9 Å². The number of pyridine rings is 4. The van der Waals surface area contributed by atoms with Gasteiger partial charge in [0.25, 0.3) is 0 Å². The van der Waals surface area contributed by atoms with Gasteiger partial charge in [-0.1, -0.05) is 104 Å². The van der Waals surface area contributed by atoms with E-state index in [1.165, 1.54) is 38.1 Å². The summed E-state index contributed by atoms with van der Waals surface area (Å²) in [7, 11) is 0. The van der Waals surface area contributed by atoms with E-state index in [0.717, 1.165) is 56.0 Å². The summed E-state index contributed by atoms with van der Waals surface area (Å²) in [5.41, 5.74) is 11.3. The summed E-state index contributed by atoms with van der Waals surface area (Å²) in [6.45, 7) is 6.86. The smallest absolute Gasteiger partial charge is 0.0893 e. The van der Waals surface area contributed by atoms with Crippen molar-refractivity contribution in [3.63, 3.8) is 0 Å². The minimum atomic E-state index is 0.142. The van der Waals surface area contributed by atoms with Crippen LogP contribution in [0.5, 0.6) is 0 Å². The van der Waals surface area contributed by atoms with E-state index in [1.54, 1.807) is 0 Å². The Hall–Kier alpha value is -6.00. The quantitative estimate of drug-likeness (QED) is 0.143. The lowest BCUT2D eigenvalue weighted by Gasteiger charge is -2.26. The van der Waals surface area contributed by atoms with E-state index < -0.39 is 0 Å². The fraction of sp³-hybridized carbons (Fsp3) is 0.111. The molecule has 4 heteroatoms. The van der Waals surface area contributed by atoms with Gasteiger partial charge in [-0.25, -0.2) is 9.97 Å². The molecule has 8 aromatic rings. The largest absolute Gasteiger partial charge is 0.255 e. The molecule has 4 heterocycles. The Labute approximate surface area is 285 Å². The number of benzene rings is 4. The number of aromatic nitrogens is 4. The maximum atomic E-state index is 5.57. The van der Waals surface area contributed by atoms with Gasteiger partial charge >= 0.3 is 0 Å². The third kappa shape index (κ3) is 4.75. The first-order valence-electron chi connectivity index (χ1n) is 16.9. The number of hydrogen-bond acceptors (Lipinski definition) is 4. The molecule has 0 aliphatic heterocycles. The molecule has 4 aromatic heterocycles. The average molecular weight is 631 g/mol. The molecular formula is C45H34N4. The van der Waals surface area contributed by atoms with Crippen molar-refractivity contribution in [2.24, 2.45) is 5.92 Å². The molecule has 0 saturated heterocycles. The van der Waals surface area contributed by atoms with Gasteiger partial charge in [-0.2, -0.15) is 0 Å². The van der Waals surface area contributed by atoms with E-state index in [-0.39, 0.29) is 5.92 Å². The number of nitrogens with zero attached hydrogens (tertiary/aromatic N) is 4. The van der Waals surface area contributed by atoms with Crippen molar-refractivity contribution in [2.45, 2.75) is 26.7 Å². The Bertz CT molecular complexity index is 2640. The molecule has 0 spiro atoms. The number of rotatable bonds is 4. The Morgan fingerprint density at radius 3 is 2.06 bits per heavy atom. The van der Waals surface area contributed by atoms with Crippen LogP contribution in [0.2, 0.25) is 0 Å². The predicted molar refractivity (Wildman–Crippen MR) is 204 cm³/mol. The number of allylic oxidation sites excluding steroid dienone is 4. The second kappa shape index (κ2) is 11.6. The summed E-state index contributed by atoms with van der Waals surface area (Å²) in [5, 5.41) is 7.26. The van der Waals surface area contributed by atoms with Crippen LogP contribution in [0, 0.1) is 19.8 Å². The van der Waals surface area contributed by atoms with Crippen LogP contribution in [0.15, 0.2) is 140 Å². The van der Waals surface area contributed by atoms with Gasteiger partial charge in [0.2, 0.25) is 0 Å². The minimum absolute atomic E-state index is 0.142. The second-order valence-electron chi connectivity index (χ2n) is 13.1. The highest BCUT2D eigenvalue weighted by Gasteiger charge is 2.26. The molecule has 234 valence electrons. The molecule has 4 aromatic carbocycles. The first-order valence-corrected chi connectivity index (χ1v) is 16.9. The molecule has 0 bridgehead atoms. The maximum Gasteiger partial charge on any atom is 0.0893 e. The molecule has 4 nitrogen and oxygen atoms in total. The summed E-state index contributed by atoms with van der Waals surface area (Å²) in [6.07, 6.45) is 10.7. The van der Waals surface area contributed by atoms with E-state index in [4.69, 9.17) is 15.0 Å². The van der Waals surface area contributed by atoms with E-state index in [1.807, 2.05) is 30.5 Å². The fourth-order valence-electron chi connectivity index (χ4n) is 7.79. The summed E-state index contributed by atoms with van der Waals surface area (Å²) in [6, 6.07) is 37.9. The minimum Gasteiger partial charge on any atom is -0.255 e. The molecule has 9 rings (SSSR count). The highest BCUT2D eigenvalue weighted by atomic mass is 14.8. The number of para-hydroxylation sites is 1. The molecule has 0 fully saturated rings. The molecule has 2 unspecified atom stereocenters. The zero-order chi connectivity index (χ0) is 33.1. The Morgan fingerprint density at radius 2 is 1.22 bits per heavy atom. The van der Waals surface area contributed by atoms with Crippen LogP contribution < -0.4 is 0 Å². The van der Waals surface area contributed by atoms with Crippen LogP contribution in [0.3, 0.4) is 0 Å². The van der Waals surface area contributed by atoms with Gasteiger partial charge in [0.15, 0.2) is 0 Å². The maximum absolute atomic E-state index is 5.57. The van der Waals surface area contributed by atoms with E-state index in [0.29, 0.717) is 5.92 Å². The first kappa shape index (κ1) is 29.2. The van der Waals surface area contributed by atoms with Crippen molar-refractivity contribution >= 4 is 43.4 Å². The Morgan fingerprint density at radius 1 is 0.510 bits per heavy atom. The molecule has 1 aliphatic carbocycles. The molecular weight excluding hydrogens is 597 g/mol. The van der Waals surface area contributed by atoms with E-state index >= 15 is 0 Å². The number of aryl methyl sites for hydroxylation is 2. The third-order valence-corrected chi connectivity index (χ3v) is 10.2. The average Bonchev–Trinajstić information content (AvgIpc) is 3.16. The zero-order valence-electron chi connectivity index (χ0n) is 27.7. The normalized spacial score (nSPS) is 15.9. The number of fused-ring (bicyclic) bond motifs is 6. The zero-order valence-corrected chi connectivity index (χ0v) is 27.7. The summed E-state index contributed by atoms with van der Waals surface area (Å²) in [5.74, 6) is 0.450. The Balaban J connectivity index is 1.39. The predicted octanol–water partition coefficient (Wildman–Crippen LogP) is 11.3. The highest BCUT2D eigenvalue weighted by Crippen LogP contribution is 2.46. The molecule has 0 amide bonds. The van der Waals surface area contributed by atoms with Crippen LogP contribution >= 0.6 is 0 Å². The lowest BCUT2D eigenvalue weighted by Crippen LogP contribution is -2.11. The number of hydrogen-bond donors (Lipinski definition) is 0. The summed E-state index contributed by atoms with van der Waals surface area (Å²) in [4.78, 5) is 20.5. The lowest BCUT2D eigenvalue weighted by molar-refractivity contribution is 0.626. The van der Waals surface area contributed by atoms with Crippen molar-refractivity contribution < 1.29 is 0 Å². The summed E-state index contributed by atoms with van der Waals surface area (Å²) >= 11 is 0.